The molecule has 0 aliphatic heterocycles. The molecule has 3 nitrogen and oxygen atoms in total. The fraction of sp³-hybridized carbons (Fsp3) is 0.500. The van der Waals surface area contributed by atoms with Crippen LogP contribution in [0, 0.1) is 13.8 Å². The van der Waals surface area contributed by atoms with E-state index >= 15 is 0 Å². The minimum Gasteiger partial charge on any atom is -0.310 e. The Morgan fingerprint density at radius 2 is 1.90 bits per heavy atom. The summed E-state index contributed by atoms with van der Waals surface area (Å²) in [5.74, 6) is 0. The third kappa shape index (κ3) is 3.35. The molecule has 1 aliphatic carbocycles. The zero-order chi connectivity index (χ0) is 14.8. The van der Waals surface area contributed by atoms with Crippen molar-refractivity contribution < 1.29 is 0 Å². The van der Waals surface area contributed by atoms with Crippen LogP contribution in [-0.4, -0.2) is 15.8 Å². The van der Waals surface area contributed by atoms with E-state index in [9.17, 15) is 0 Å². The maximum Gasteiger partial charge on any atom is 0.0654 e. The second-order valence-electron chi connectivity index (χ2n) is 6.28. The number of aromatic nitrogens is 2. The Kier molecular flexibility index (Phi) is 4.11. The van der Waals surface area contributed by atoms with Gasteiger partial charge in [-0.05, 0) is 56.4 Å². The van der Waals surface area contributed by atoms with Crippen molar-refractivity contribution in [3.8, 4) is 5.69 Å². The van der Waals surface area contributed by atoms with Crippen molar-refractivity contribution in [3.63, 3.8) is 0 Å². The maximum absolute atomic E-state index is 4.66. The van der Waals surface area contributed by atoms with E-state index in [0.29, 0.717) is 0 Å². The van der Waals surface area contributed by atoms with Crippen LogP contribution < -0.4 is 5.32 Å². The zero-order valence-electron chi connectivity index (χ0n) is 13.3. The molecule has 1 fully saturated rings. The molecule has 0 spiro atoms. The lowest BCUT2D eigenvalue weighted by molar-refractivity contribution is 0.676. The molecule has 0 bridgehead atoms. The summed E-state index contributed by atoms with van der Waals surface area (Å²) in [5, 5.41) is 8.27. The van der Waals surface area contributed by atoms with Crippen molar-refractivity contribution >= 4 is 0 Å². The molecular formula is C18H25N3. The molecule has 1 aliphatic rings. The molecule has 1 heterocycles. The van der Waals surface area contributed by atoms with Gasteiger partial charge in [-0.1, -0.05) is 19.4 Å². The Balaban J connectivity index is 1.92. The Morgan fingerprint density at radius 3 is 2.52 bits per heavy atom. The van der Waals surface area contributed by atoms with Crippen LogP contribution in [0.5, 0.6) is 0 Å². The van der Waals surface area contributed by atoms with E-state index in [1.165, 1.54) is 40.9 Å². The molecule has 3 rings (SSSR count). The molecule has 21 heavy (non-hydrogen) atoms. The van der Waals surface area contributed by atoms with Gasteiger partial charge in [0.15, 0.2) is 0 Å². The lowest BCUT2D eigenvalue weighted by Gasteiger charge is -2.11. The quantitative estimate of drug-likeness (QED) is 0.876. The van der Waals surface area contributed by atoms with E-state index in [0.717, 1.165) is 25.4 Å². The van der Waals surface area contributed by atoms with Crippen LogP contribution in [0.25, 0.3) is 5.69 Å². The van der Waals surface area contributed by atoms with Crippen molar-refractivity contribution in [2.75, 3.05) is 0 Å². The fourth-order valence-corrected chi connectivity index (χ4v) is 2.90. The lowest BCUT2D eigenvalue weighted by atomic mass is 10.1. The Morgan fingerprint density at radius 1 is 1.19 bits per heavy atom. The summed E-state index contributed by atoms with van der Waals surface area (Å²) in [7, 11) is 0. The second-order valence-corrected chi connectivity index (χ2v) is 6.28. The fourth-order valence-electron chi connectivity index (χ4n) is 2.90. The molecule has 0 unspecified atom stereocenters. The average Bonchev–Trinajstić information content (AvgIpc) is 3.17. The van der Waals surface area contributed by atoms with Gasteiger partial charge in [0.1, 0.15) is 0 Å². The summed E-state index contributed by atoms with van der Waals surface area (Å²) in [6.07, 6.45) is 6.92. The van der Waals surface area contributed by atoms with E-state index in [1.807, 2.05) is 6.20 Å². The minimum absolute atomic E-state index is 0.740. The normalized spacial score (nSPS) is 14.6. The average molecular weight is 283 g/mol. The van der Waals surface area contributed by atoms with Crippen molar-refractivity contribution in [1.82, 2.24) is 15.1 Å². The molecule has 1 aromatic carbocycles. The molecule has 3 heteroatoms. The van der Waals surface area contributed by atoms with Gasteiger partial charge in [-0.25, -0.2) is 4.68 Å². The molecule has 0 amide bonds. The van der Waals surface area contributed by atoms with Crippen LogP contribution in [0.4, 0.5) is 0 Å². The van der Waals surface area contributed by atoms with Gasteiger partial charge in [0.2, 0.25) is 0 Å². The van der Waals surface area contributed by atoms with E-state index in [-0.39, 0.29) is 0 Å². The topological polar surface area (TPSA) is 29.9 Å². The summed E-state index contributed by atoms with van der Waals surface area (Å²) in [4.78, 5) is 0. The molecule has 1 saturated carbocycles. The number of rotatable bonds is 6. The van der Waals surface area contributed by atoms with Crippen LogP contribution in [0.3, 0.4) is 0 Å². The number of nitrogens with zero attached hydrogens (tertiary/aromatic N) is 2. The zero-order valence-corrected chi connectivity index (χ0v) is 13.3. The lowest BCUT2D eigenvalue weighted by Crippen LogP contribution is -2.16. The molecule has 0 radical (unpaired) electrons. The van der Waals surface area contributed by atoms with Gasteiger partial charge in [0.05, 0.1) is 11.9 Å². The largest absolute Gasteiger partial charge is 0.310 e. The highest BCUT2D eigenvalue weighted by Crippen LogP contribution is 2.22. The molecule has 0 saturated heterocycles. The first kappa shape index (κ1) is 14.3. The maximum atomic E-state index is 4.66. The molecular weight excluding hydrogens is 258 g/mol. The van der Waals surface area contributed by atoms with Crippen LogP contribution >= 0.6 is 0 Å². The predicted octanol–water partition coefficient (Wildman–Crippen LogP) is 3.69. The Hall–Kier alpha value is -1.61. The Labute approximate surface area is 127 Å². The first-order valence-corrected chi connectivity index (χ1v) is 8.05. The van der Waals surface area contributed by atoms with Gasteiger partial charge in [0.25, 0.3) is 0 Å². The van der Waals surface area contributed by atoms with E-state index in [4.69, 9.17) is 0 Å². The van der Waals surface area contributed by atoms with Gasteiger partial charge >= 0.3 is 0 Å². The van der Waals surface area contributed by atoms with E-state index < -0.39 is 0 Å². The summed E-state index contributed by atoms with van der Waals surface area (Å²) in [6, 6.07) is 7.39. The highest BCUT2D eigenvalue weighted by atomic mass is 15.3. The smallest absolute Gasteiger partial charge is 0.0654 e. The van der Waals surface area contributed by atoms with E-state index in [2.05, 4.69) is 54.1 Å². The third-order valence-corrected chi connectivity index (χ3v) is 4.05. The van der Waals surface area contributed by atoms with E-state index in [1.54, 1.807) is 0 Å². The number of benzene rings is 1. The first-order valence-electron chi connectivity index (χ1n) is 8.05. The number of hydrogen-bond acceptors (Lipinski definition) is 2. The third-order valence-electron chi connectivity index (χ3n) is 4.05. The van der Waals surface area contributed by atoms with Gasteiger partial charge < -0.3 is 5.32 Å². The summed E-state index contributed by atoms with van der Waals surface area (Å²) >= 11 is 0. The van der Waals surface area contributed by atoms with Crippen molar-refractivity contribution in [2.24, 2.45) is 0 Å². The number of nitrogens with one attached hydrogen (secondary N) is 1. The number of aryl methyl sites for hydroxylation is 2. The highest BCUT2D eigenvalue weighted by molar-refractivity contribution is 5.41. The van der Waals surface area contributed by atoms with Crippen LogP contribution in [-0.2, 0) is 13.0 Å². The van der Waals surface area contributed by atoms with Gasteiger partial charge in [-0.15, -0.1) is 0 Å². The van der Waals surface area contributed by atoms with Crippen LogP contribution in [0.1, 0.15) is 48.6 Å². The first-order chi connectivity index (χ1) is 10.2. The van der Waals surface area contributed by atoms with Crippen molar-refractivity contribution in [3.05, 3.63) is 46.8 Å². The second kappa shape index (κ2) is 6.02. The minimum atomic E-state index is 0.740. The highest BCUT2D eigenvalue weighted by Gasteiger charge is 2.21. The molecule has 1 aromatic heterocycles. The van der Waals surface area contributed by atoms with Crippen molar-refractivity contribution in [2.45, 2.75) is 59.0 Å². The predicted molar refractivity (Wildman–Crippen MR) is 86.9 cm³/mol. The van der Waals surface area contributed by atoms with Crippen LogP contribution in [0.15, 0.2) is 24.4 Å². The van der Waals surface area contributed by atoms with Gasteiger partial charge in [0, 0.05) is 23.8 Å². The molecule has 0 atom stereocenters. The summed E-state index contributed by atoms with van der Waals surface area (Å²) < 4.78 is 2.13. The standard InChI is InChI=1S/C18H25N3/c1-4-5-18-15(11-19-16-6-7-16)12-20-21(18)17-9-13(2)8-14(3)10-17/h8-10,12,16,19H,4-7,11H2,1-3H3. The van der Waals surface area contributed by atoms with Gasteiger partial charge in [-0.3, -0.25) is 0 Å². The SMILES string of the molecule is CCCc1c(CNC2CC2)cnn1-c1cc(C)cc(C)c1. The monoisotopic (exact) mass is 283 g/mol. The molecule has 2 aromatic rings. The molecule has 1 N–H and O–H groups in total. The van der Waals surface area contributed by atoms with Crippen molar-refractivity contribution in [1.29, 1.82) is 0 Å². The van der Waals surface area contributed by atoms with Gasteiger partial charge in [-0.2, -0.15) is 5.10 Å². The molecule has 112 valence electrons. The number of hydrogen-bond donors (Lipinski definition) is 1. The van der Waals surface area contributed by atoms with Crippen LogP contribution in [0.2, 0.25) is 0 Å². The summed E-state index contributed by atoms with van der Waals surface area (Å²) in [5.41, 5.74) is 6.48. The Bertz CT molecular complexity index is 603. The summed E-state index contributed by atoms with van der Waals surface area (Å²) in [6.45, 7) is 7.48.